The number of aryl methyl sites for hydroxylation is 1. The van der Waals surface area contributed by atoms with Gasteiger partial charge in [-0.15, -0.1) is 0 Å². The number of nitrogens with zero attached hydrogens (tertiary/aromatic N) is 2. The Hall–Kier alpha value is -1.79. The Morgan fingerprint density at radius 1 is 1.21 bits per heavy atom. The van der Waals surface area contributed by atoms with E-state index in [1.165, 1.54) is 5.56 Å². The molecule has 0 aliphatic carbocycles. The van der Waals surface area contributed by atoms with Crippen LogP contribution >= 0.6 is 0 Å². The van der Waals surface area contributed by atoms with Gasteiger partial charge in [-0.05, 0) is 26.0 Å². The molecule has 0 radical (unpaired) electrons. The van der Waals surface area contributed by atoms with Crippen molar-refractivity contribution in [1.82, 2.24) is 15.5 Å². The van der Waals surface area contributed by atoms with E-state index >= 15 is 0 Å². The maximum atomic E-state index is 5.72. The van der Waals surface area contributed by atoms with Crippen LogP contribution in [0, 0.1) is 6.92 Å². The van der Waals surface area contributed by atoms with Gasteiger partial charge in [0, 0.05) is 26.2 Å². The molecule has 6 nitrogen and oxygen atoms in total. The zero-order valence-electron chi connectivity index (χ0n) is 14.9. The molecule has 2 rings (SSSR count). The lowest BCUT2D eigenvalue weighted by molar-refractivity contribution is 0.0394. The van der Waals surface area contributed by atoms with Crippen molar-refractivity contribution in [2.75, 3.05) is 59.1 Å². The Balaban J connectivity index is 1.65. The number of hydrogen-bond donors (Lipinski definition) is 2. The number of aliphatic imine (C=N–C) groups is 1. The average molecular weight is 334 g/mol. The molecule has 6 heteroatoms. The number of morpholine rings is 1. The summed E-state index contributed by atoms with van der Waals surface area (Å²) in [7, 11) is 0. The zero-order chi connectivity index (χ0) is 17.0. The van der Waals surface area contributed by atoms with E-state index in [-0.39, 0.29) is 0 Å². The van der Waals surface area contributed by atoms with E-state index in [0.717, 1.165) is 64.2 Å². The molecule has 1 aliphatic rings. The molecule has 0 aromatic heterocycles. The summed E-state index contributed by atoms with van der Waals surface area (Å²) in [5, 5.41) is 6.58. The Morgan fingerprint density at radius 3 is 2.67 bits per heavy atom. The van der Waals surface area contributed by atoms with Crippen LogP contribution in [0.2, 0.25) is 0 Å². The van der Waals surface area contributed by atoms with E-state index in [2.05, 4.69) is 46.5 Å². The second-order valence-corrected chi connectivity index (χ2v) is 5.80. The maximum absolute atomic E-state index is 5.72. The summed E-state index contributed by atoms with van der Waals surface area (Å²) in [6, 6.07) is 8.10. The van der Waals surface area contributed by atoms with Crippen molar-refractivity contribution in [1.29, 1.82) is 0 Å². The Morgan fingerprint density at radius 2 is 1.96 bits per heavy atom. The van der Waals surface area contributed by atoms with Crippen molar-refractivity contribution >= 4 is 5.96 Å². The standard InChI is InChI=1S/C18H30N4O2/c1-3-19-18(20-8-10-22-11-14-23-15-12-22)21-9-13-24-17-6-4-16(2)5-7-17/h4-7H,3,8-15H2,1-2H3,(H2,19,20,21). The third-order valence-corrected chi connectivity index (χ3v) is 3.82. The summed E-state index contributed by atoms with van der Waals surface area (Å²) in [6.45, 7) is 11.7. The molecule has 1 aliphatic heterocycles. The molecule has 0 spiro atoms. The van der Waals surface area contributed by atoms with E-state index < -0.39 is 0 Å². The van der Waals surface area contributed by atoms with Crippen molar-refractivity contribution < 1.29 is 9.47 Å². The van der Waals surface area contributed by atoms with Crippen LogP contribution in [0.25, 0.3) is 0 Å². The Labute approximate surface area is 145 Å². The normalized spacial score (nSPS) is 16.0. The summed E-state index contributed by atoms with van der Waals surface area (Å²) < 4.78 is 11.1. The van der Waals surface area contributed by atoms with Crippen molar-refractivity contribution in [3.05, 3.63) is 29.8 Å². The quantitative estimate of drug-likeness (QED) is 0.426. The first-order chi connectivity index (χ1) is 11.8. The van der Waals surface area contributed by atoms with Gasteiger partial charge in [-0.2, -0.15) is 0 Å². The van der Waals surface area contributed by atoms with Gasteiger partial charge >= 0.3 is 0 Å². The molecule has 0 saturated carbocycles. The van der Waals surface area contributed by atoms with Crippen LogP contribution in [0.4, 0.5) is 0 Å². The summed E-state index contributed by atoms with van der Waals surface area (Å²) in [4.78, 5) is 7.01. The minimum Gasteiger partial charge on any atom is -0.492 e. The Bertz CT molecular complexity index is 484. The number of rotatable bonds is 8. The van der Waals surface area contributed by atoms with Gasteiger partial charge in [-0.1, -0.05) is 17.7 Å². The largest absolute Gasteiger partial charge is 0.492 e. The van der Waals surface area contributed by atoms with Gasteiger partial charge in [0.1, 0.15) is 12.4 Å². The number of hydrogen-bond acceptors (Lipinski definition) is 4. The first-order valence-corrected chi connectivity index (χ1v) is 8.79. The van der Waals surface area contributed by atoms with Crippen LogP contribution in [0.5, 0.6) is 5.75 Å². The minimum atomic E-state index is 0.608. The highest BCUT2D eigenvalue weighted by Gasteiger charge is 2.09. The fourth-order valence-corrected chi connectivity index (χ4v) is 2.44. The number of guanidine groups is 1. The summed E-state index contributed by atoms with van der Waals surface area (Å²) in [5.74, 6) is 1.75. The van der Waals surface area contributed by atoms with Crippen molar-refractivity contribution in [3.63, 3.8) is 0 Å². The first kappa shape index (κ1) is 18.5. The Kier molecular flexibility index (Phi) is 8.41. The average Bonchev–Trinajstić information content (AvgIpc) is 2.61. The second kappa shape index (κ2) is 10.9. The second-order valence-electron chi connectivity index (χ2n) is 5.80. The molecule has 1 fully saturated rings. The van der Waals surface area contributed by atoms with E-state index in [4.69, 9.17) is 9.47 Å². The summed E-state index contributed by atoms with van der Waals surface area (Å²) in [6.07, 6.45) is 0. The van der Waals surface area contributed by atoms with Crippen LogP contribution in [0.15, 0.2) is 29.3 Å². The van der Waals surface area contributed by atoms with Gasteiger partial charge < -0.3 is 20.1 Å². The lowest BCUT2D eigenvalue weighted by atomic mass is 10.2. The first-order valence-electron chi connectivity index (χ1n) is 8.79. The highest BCUT2D eigenvalue weighted by atomic mass is 16.5. The van der Waals surface area contributed by atoms with E-state index in [0.29, 0.717) is 6.61 Å². The molecule has 0 unspecified atom stereocenters. The van der Waals surface area contributed by atoms with Crippen molar-refractivity contribution in [2.45, 2.75) is 13.8 Å². The molecule has 1 saturated heterocycles. The number of benzene rings is 1. The predicted octanol–water partition coefficient (Wildman–Crippen LogP) is 1.26. The molecule has 0 bridgehead atoms. The molecule has 134 valence electrons. The lowest BCUT2D eigenvalue weighted by Gasteiger charge is -2.25. The molecule has 1 aromatic carbocycles. The summed E-state index contributed by atoms with van der Waals surface area (Å²) >= 11 is 0. The van der Waals surface area contributed by atoms with Crippen LogP contribution < -0.4 is 15.4 Å². The molecule has 0 atom stereocenters. The van der Waals surface area contributed by atoms with Crippen molar-refractivity contribution in [2.24, 2.45) is 4.99 Å². The number of nitrogens with one attached hydrogen (secondary N) is 2. The van der Waals surface area contributed by atoms with Crippen LogP contribution in [0.3, 0.4) is 0 Å². The topological polar surface area (TPSA) is 58.1 Å². The SMILES string of the molecule is CCNC(=NCCN1CCOCC1)NCCOc1ccc(C)cc1. The van der Waals surface area contributed by atoms with Crippen LogP contribution in [-0.4, -0.2) is 69.9 Å². The van der Waals surface area contributed by atoms with E-state index in [1.807, 2.05) is 12.1 Å². The van der Waals surface area contributed by atoms with Gasteiger partial charge in [-0.3, -0.25) is 9.89 Å². The highest BCUT2D eigenvalue weighted by Crippen LogP contribution is 2.10. The van der Waals surface area contributed by atoms with Crippen LogP contribution in [0.1, 0.15) is 12.5 Å². The van der Waals surface area contributed by atoms with Gasteiger partial charge in [0.2, 0.25) is 0 Å². The molecule has 1 aromatic rings. The third kappa shape index (κ3) is 7.19. The third-order valence-electron chi connectivity index (χ3n) is 3.82. The molecular formula is C18H30N4O2. The molecule has 2 N–H and O–H groups in total. The lowest BCUT2D eigenvalue weighted by Crippen LogP contribution is -2.41. The predicted molar refractivity (Wildman–Crippen MR) is 97.9 cm³/mol. The van der Waals surface area contributed by atoms with E-state index in [9.17, 15) is 0 Å². The van der Waals surface area contributed by atoms with Gasteiger partial charge in [0.25, 0.3) is 0 Å². The minimum absolute atomic E-state index is 0.608. The van der Waals surface area contributed by atoms with Gasteiger partial charge in [0.15, 0.2) is 5.96 Å². The summed E-state index contributed by atoms with van der Waals surface area (Å²) in [5.41, 5.74) is 1.24. The molecular weight excluding hydrogens is 304 g/mol. The van der Waals surface area contributed by atoms with E-state index in [1.54, 1.807) is 0 Å². The van der Waals surface area contributed by atoms with Gasteiger partial charge in [-0.25, -0.2) is 0 Å². The maximum Gasteiger partial charge on any atom is 0.191 e. The fraction of sp³-hybridized carbons (Fsp3) is 0.611. The molecule has 1 heterocycles. The van der Waals surface area contributed by atoms with Gasteiger partial charge in [0.05, 0.1) is 26.3 Å². The molecule has 24 heavy (non-hydrogen) atoms. The molecule has 0 amide bonds. The smallest absolute Gasteiger partial charge is 0.191 e. The fourth-order valence-electron chi connectivity index (χ4n) is 2.44. The van der Waals surface area contributed by atoms with Crippen LogP contribution in [-0.2, 0) is 4.74 Å². The van der Waals surface area contributed by atoms with Crippen molar-refractivity contribution in [3.8, 4) is 5.75 Å². The number of ether oxygens (including phenoxy) is 2. The highest BCUT2D eigenvalue weighted by molar-refractivity contribution is 5.79. The monoisotopic (exact) mass is 334 g/mol. The zero-order valence-corrected chi connectivity index (χ0v) is 14.9.